The first-order chi connectivity index (χ1) is 5.16. The van der Waals surface area contributed by atoms with Gasteiger partial charge in [0.2, 0.25) is 0 Å². The maximum absolute atomic E-state index is 5.59. The van der Waals surface area contributed by atoms with E-state index in [1.807, 2.05) is 13.8 Å². The first-order valence-corrected chi connectivity index (χ1v) is 4.07. The van der Waals surface area contributed by atoms with Crippen LogP contribution in [0, 0.1) is 0 Å². The molecule has 0 N–H and O–H groups in total. The number of rotatable bonds is 3. The van der Waals surface area contributed by atoms with E-state index in [0.717, 1.165) is 17.2 Å². The molecule has 0 saturated carbocycles. The van der Waals surface area contributed by atoms with E-state index in [0.29, 0.717) is 0 Å². The molecule has 0 aromatic carbocycles. The molecule has 0 saturated heterocycles. The van der Waals surface area contributed by atoms with Crippen LogP contribution in [0.4, 0.5) is 0 Å². The van der Waals surface area contributed by atoms with Crippen LogP contribution in [0.3, 0.4) is 0 Å². The minimum Gasteiger partial charge on any atom is -0.262 e. The van der Waals surface area contributed by atoms with E-state index in [1.54, 1.807) is 12.3 Å². The van der Waals surface area contributed by atoms with Gasteiger partial charge >= 0.3 is 0 Å². The zero-order chi connectivity index (χ0) is 8.69. The number of hydrogen-bond donors (Lipinski definition) is 0. The smallest absolute Gasteiger partial charge is 0.0332 e. The Hall–Kier alpha value is -0.560. The molecule has 11 heavy (non-hydrogen) atoms. The van der Waals surface area contributed by atoms with E-state index in [4.69, 9.17) is 11.6 Å². The highest BCUT2D eigenvalue weighted by molar-refractivity contribution is 6.30. The molecule has 62 valence electrons. The van der Waals surface area contributed by atoms with Crippen molar-refractivity contribution in [2.75, 3.05) is 0 Å². The lowest BCUT2D eigenvalue weighted by molar-refractivity contribution is 1.16. The largest absolute Gasteiger partial charge is 0.262 e. The maximum atomic E-state index is 5.59. The lowest BCUT2D eigenvalue weighted by atomic mass is 10.4. The van der Waals surface area contributed by atoms with Gasteiger partial charge in [-0.25, -0.2) is 0 Å². The maximum Gasteiger partial charge on any atom is 0.0332 e. The van der Waals surface area contributed by atoms with Crippen LogP contribution in [0.1, 0.15) is 27.2 Å². The molecule has 0 unspecified atom stereocenters. The summed E-state index contributed by atoms with van der Waals surface area (Å²) in [5, 5.41) is 0.748. The topological polar surface area (TPSA) is 12.4 Å². The van der Waals surface area contributed by atoms with E-state index >= 15 is 0 Å². The fraction of sp³-hybridized carbons (Fsp3) is 0.444. The molecule has 0 heterocycles. The van der Waals surface area contributed by atoms with Crippen molar-refractivity contribution in [1.29, 1.82) is 0 Å². The summed E-state index contributed by atoms with van der Waals surface area (Å²) in [5.74, 6) is 0. The van der Waals surface area contributed by atoms with Crippen molar-refractivity contribution in [2.24, 2.45) is 4.99 Å². The summed E-state index contributed by atoms with van der Waals surface area (Å²) in [5.41, 5.74) is 1.03. The average molecular weight is 172 g/mol. The normalized spacial score (nSPS) is 14.5. The van der Waals surface area contributed by atoms with E-state index in [9.17, 15) is 0 Å². The van der Waals surface area contributed by atoms with E-state index in [-0.39, 0.29) is 0 Å². The minimum absolute atomic E-state index is 0.748. The Morgan fingerprint density at radius 3 is 2.55 bits per heavy atom. The first kappa shape index (κ1) is 10.4. The molecule has 0 amide bonds. The summed E-state index contributed by atoms with van der Waals surface area (Å²) < 4.78 is 0. The molecule has 2 heteroatoms. The predicted molar refractivity (Wildman–Crippen MR) is 52.2 cm³/mol. The Bertz CT molecular complexity index is 186. The van der Waals surface area contributed by atoms with Crippen molar-refractivity contribution in [3.8, 4) is 0 Å². The van der Waals surface area contributed by atoms with E-state index in [1.165, 1.54) is 0 Å². The number of aliphatic imine (C=N–C) groups is 1. The fourth-order valence-electron chi connectivity index (χ4n) is 0.606. The molecule has 0 aliphatic heterocycles. The number of allylic oxidation sites excluding steroid dienone is 4. The summed E-state index contributed by atoms with van der Waals surface area (Å²) in [7, 11) is 0. The molecule has 0 aliphatic carbocycles. The highest BCUT2D eigenvalue weighted by Crippen LogP contribution is 1.98. The van der Waals surface area contributed by atoms with E-state index < -0.39 is 0 Å². The molecule has 0 bridgehead atoms. The molecule has 0 atom stereocenters. The lowest BCUT2D eigenvalue weighted by Crippen LogP contribution is -1.71. The second-order valence-electron chi connectivity index (χ2n) is 2.29. The van der Waals surface area contributed by atoms with Crippen molar-refractivity contribution < 1.29 is 0 Å². The van der Waals surface area contributed by atoms with Crippen LogP contribution in [0.5, 0.6) is 0 Å². The molecular formula is C9H14ClN. The van der Waals surface area contributed by atoms with Crippen molar-refractivity contribution in [2.45, 2.75) is 27.2 Å². The third kappa shape index (κ3) is 7.34. The summed E-state index contributed by atoms with van der Waals surface area (Å²) in [6.07, 6.45) is 6.57. The van der Waals surface area contributed by atoms with Gasteiger partial charge in [0, 0.05) is 16.9 Å². The van der Waals surface area contributed by atoms with Gasteiger partial charge in [0.15, 0.2) is 0 Å². The fourth-order valence-corrected chi connectivity index (χ4v) is 0.662. The molecule has 0 rings (SSSR count). The zero-order valence-corrected chi connectivity index (χ0v) is 8.02. The van der Waals surface area contributed by atoms with Crippen LogP contribution in [-0.2, 0) is 0 Å². The minimum atomic E-state index is 0.748. The van der Waals surface area contributed by atoms with Crippen LogP contribution in [-0.4, -0.2) is 6.21 Å². The summed E-state index contributed by atoms with van der Waals surface area (Å²) >= 11 is 5.59. The molecule has 0 radical (unpaired) electrons. The van der Waals surface area contributed by atoms with Gasteiger partial charge in [-0.05, 0) is 26.3 Å². The molecule has 0 fully saturated rings. The number of hydrogen-bond acceptors (Lipinski definition) is 1. The number of halogens is 1. The van der Waals surface area contributed by atoms with Gasteiger partial charge in [-0.1, -0.05) is 24.6 Å². The Morgan fingerprint density at radius 2 is 2.09 bits per heavy atom. The Labute approximate surface area is 73.5 Å². The molecule has 0 aliphatic rings. The molecule has 0 aromatic heterocycles. The van der Waals surface area contributed by atoms with E-state index in [2.05, 4.69) is 18.0 Å². The van der Waals surface area contributed by atoms with Crippen molar-refractivity contribution in [3.63, 3.8) is 0 Å². The summed E-state index contributed by atoms with van der Waals surface area (Å²) in [6.45, 7) is 5.88. The van der Waals surface area contributed by atoms with Crippen LogP contribution in [0.25, 0.3) is 0 Å². The third-order valence-electron chi connectivity index (χ3n) is 1.08. The second kappa shape index (κ2) is 6.17. The highest BCUT2D eigenvalue weighted by Gasteiger charge is 1.78. The van der Waals surface area contributed by atoms with Gasteiger partial charge in [0.05, 0.1) is 0 Å². The quantitative estimate of drug-likeness (QED) is 0.577. The van der Waals surface area contributed by atoms with Gasteiger partial charge < -0.3 is 0 Å². The molecule has 0 spiro atoms. The van der Waals surface area contributed by atoms with Crippen LogP contribution < -0.4 is 0 Å². The number of nitrogens with zero attached hydrogens (tertiary/aromatic N) is 1. The van der Waals surface area contributed by atoms with Gasteiger partial charge in [-0.2, -0.15) is 0 Å². The van der Waals surface area contributed by atoms with Gasteiger partial charge in [-0.15, -0.1) is 0 Å². The molecule has 0 aromatic rings. The van der Waals surface area contributed by atoms with Gasteiger partial charge in [-0.3, -0.25) is 4.99 Å². The Balaban J connectivity index is 3.93. The lowest BCUT2D eigenvalue weighted by Gasteiger charge is -1.87. The standard InChI is InChI=1S/C9H14ClN/c1-4-5-9(3)11-7-6-8(2)10/h5-7H,4H2,1-3H3/b8-6+,9-5+,11-7+. The average Bonchev–Trinajstić information content (AvgIpc) is 1.87. The molecule has 1 nitrogen and oxygen atoms in total. The third-order valence-corrected chi connectivity index (χ3v) is 1.21. The predicted octanol–water partition coefficient (Wildman–Crippen LogP) is 3.51. The van der Waals surface area contributed by atoms with Crippen LogP contribution in [0.15, 0.2) is 27.9 Å². The van der Waals surface area contributed by atoms with Gasteiger partial charge in [0.1, 0.15) is 0 Å². The SMILES string of the molecule is CC/C=C(C)/N=C/C=C(\C)Cl. The van der Waals surface area contributed by atoms with Crippen molar-refractivity contribution in [1.82, 2.24) is 0 Å². The summed E-state index contributed by atoms with van der Waals surface area (Å²) in [4.78, 5) is 4.13. The Morgan fingerprint density at radius 1 is 1.45 bits per heavy atom. The second-order valence-corrected chi connectivity index (χ2v) is 2.88. The highest BCUT2D eigenvalue weighted by atomic mass is 35.5. The first-order valence-electron chi connectivity index (χ1n) is 3.70. The Kier molecular flexibility index (Phi) is 5.86. The molecular weight excluding hydrogens is 158 g/mol. The van der Waals surface area contributed by atoms with Crippen LogP contribution >= 0.6 is 11.6 Å². The van der Waals surface area contributed by atoms with Crippen LogP contribution in [0.2, 0.25) is 0 Å². The monoisotopic (exact) mass is 171 g/mol. The summed E-state index contributed by atoms with van der Waals surface area (Å²) in [6, 6.07) is 0. The van der Waals surface area contributed by atoms with Crippen molar-refractivity contribution >= 4 is 17.8 Å². The zero-order valence-electron chi connectivity index (χ0n) is 7.26. The van der Waals surface area contributed by atoms with Gasteiger partial charge in [0.25, 0.3) is 0 Å². The van der Waals surface area contributed by atoms with Crippen molar-refractivity contribution in [3.05, 3.63) is 22.9 Å².